The molecule has 3 fully saturated rings. The number of hydrogen-bond donors (Lipinski definition) is 1. The maximum absolute atomic E-state index is 14.3. The number of carbonyl (C=O) groups is 3. The molecule has 1 aromatic rings. The Labute approximate surface area is 212 Å². The Morgan fingerprint density at radius 3 is 2.64 bits per heavy atom. The minimum absolute atomic E-state index is 0.0362. The number of rotatable bonds is 11. The van der Waals surface area contributed by atoms with E-state index < -0.39 is 35.0 Å². The summed E-state index contributed by atoms with van der Waals surface area (Å²) in [5.41, 5.74) is -1.12. The van der Waals surface area contributed by atoms with E-state index in [4.69, 9.17) is 9.47 Å². The van der Waals surface area contributed by atoms with E-state index in [9.17, 15) is 19.5 Å². The Morgan fingerprint density at radius 2 is 2.00 bits per heavy atom. The van der Waals surface area contributed by atoms with Crippen LogP contribution < -0.4 is 0 Å². The van der Waals surface area contributed by atoms with Gasteiger partial charge in [0.1, 0.15) is 24.2 Å². The van der Waals surface area contributed by atoms with Gasteiger partial charge in [-0.3, -0.25) is 14.4 Å². The molecule has 1 spiro atoms. The standard InChI is InChI=1S/C28H36N2O6/c1-5-13-29(18-20-11-8-7-9-12-20)25(33)23-28-17-19(3)27(4,36-28)22(26(34)35-16-6-2)21(28)24(32)30(23)14-10-15-31/h5-9,11-12,19,21-23,31H,1-2,10,13-18H2,3-4H3/t19?,21-,22-,23?,27+,28?/m0/s1. The maximum atomic E-state index is 14.3. The number of aliphatic hydroxyl groups is 1. The predicted molar refractivity (Wildman–Crippen MR) is 133 cm³/mol. The second-order valence-corrected chi connectivity index (χ2v) is 10.2. The zero-order chi connectivity index (χ0) is 26.1. The summed E-state index contributed by atoms with van der Waals surface area (Å²) in [4.78, 5) is 44.6. The van der Waals surface area contributed by atoms with Crippen molar-refractivity contribution >= 4 is 17.8 Å². The average Bonchev–Trinajstić information content (AvgIpc) is 3.37. The van der Waals surface area contributed by atoms with Crippen LogP contribution in [0.1, 0.15) is 32.3 Å². The number of likely N-dealkylation sites (tertiary alicyclic amines) is 1. The second kappa shape index (κ2) is 10.2. The van der Waals surface area contributed by atoms with Gasteiger partial charge in [0.25, 0.3) is 0 Å². The molecular weight excluding hydrogens is 460 g/mol. The molecule has 8 nitrogen and oxygen atoms in total. The molecule has 3 heterocycles. The summed E-state index contributed by atoms with van der Waals surface area (Å²) in [7, 11) is 0. The Balaban J connectivity index is 1.75. The largest absolute Gasteiger partial charge is 0.461 e. The Kier molecular flexibility index (Phi) is 7.38. The minimum Gasteiger partial charge on any atom is -0.461 e. The van der Waals surface area contributed by atoms with Gasteiger partial charge in [-0.05, 0) is 31.2 Å². The van der Waals surface area contributed by atoms with Crippen LogP contribution >= 0.6 is 0 Å². The fourth-order valence-electron chi connectivity index (χ4n) is 6.45. The summed E-state index contributed by atoms with van der Waals surface area (Å²) in [6.07, 6.45) is 3.94. The summed E-state index contributed by atoms with van der Waals surface area (Å²) in [6.45, 7) is 12.0. The lowest BCUT2D eigenvalue weighted by Gasteiger charge is -2.37. The number of benzene rings is 1. The SMILES string of the molecule is C=CCOC(=O)[C@@H]1[C@H]2C(=O)N(CCCO)C(C(=O)N(CC=C)Cc3ccccc3)C23CC(C)[C@@]1(C)O3. The van der Waals surface area contributed by atoms with E-state index in [0.717, 1.165) is 5.56 Å². The van der Waals surface area contributed by atoms with Crippen molar-refractivity contribution in [3.63, 3.8) is 0 Å². The predicted octanol–water partition coefficient (Wildman–Crippen LogP) is 2.32. The topological polar surface area (TPSA) is 96.4 Å². The van der Waals surface area contributed by atoms with E-state index in [1.54, 1.807) is 11.0 Å². The van der Waals surface area contributed by atoms with Crippen LogP contribution in [0.25, 0.3) is 0 Å². The molecule has 3 unspecified atom stereocenters. The first kappa shape index (κ1) is 26.1. The highest BCUT2D eigenvalue weighted by molar-refractivity contribution is 5.98. The van der Waals surface area contributed by atoms with Crippen LogP contribution in [-0.4, -0.2) is 76.2 Å². The van der Waals surface area contributed by atoms with Crippen molar-refractivity contribution in [2.75, 3.05) is 26.3 Å². The Bertz CT molecular complexity index is 1030. The first-order valence-electron chi connectivity index (χ1n) is 12.6. The highest BCUT2D eigenvalue weighted by Gasteiger charge is 2.80. The molecule has 36 heavy (non-hydrogen) atoms. The number of carbonyl (C=O) groups excluding carboxylic acids is 3. The molecule has 0 aliphatic carbocycles. The second-order valence-electron chi connectivity index (χ2n) is 10.2. The summed E-state index contributed by atoms with van der Waals surface area (Å²) >= 11 is 0. The number of nitrogens with zero attached hydrogens (tertiary/aromatic N) is 2. The summed E-state index contributed by atoms with van der Waals surface area (Å²) in [5.74, 6) is -2.78. The van der Waals surface area contributed by atoms with Crippen LogP contribution in [0.15, 0.2) is 55.6 Å². The number of aliphatic hydroxyl groups excluding tert-OH is 1. The maximum Gasteiger partial charge on any atom is 0.313 e. The third-order valence-electron chi connectivity index (χ3n) is 8.08. The van der Waals surface area contributed by atoms with E-state index in [1.807, 2.05) is 44.2 Å². The molecule has 4 rings (SSSR count). The fraction of sp³-hybridized carbons (Fsp3) is 0.536. The van der Waals surface area contributed by atoms with Gasteiger partial charge in [0.15, 0.2) is 0 Å². The highest BCUT2D eigenvalue weighted by Crippen LogP contribution is 2.65. The van der Waals surface area contributed by atoms with Gasteiger partial charge < -0.3 is 24.4 Å². The quantitative estimate of drug-likeness (QED) is 0.373. The summed E-state index contributed by atoms with van der Waals surface area (Å²) in [6, 6.07) is 8.72. The number of esters is 1. The normalized spacial score (nSPS) is 32.3. The fourth-order valence-corrected chi connectivity index (χ4v) is 6.45. The van der Waals surface area contributed by atoms with Crippen molar-refractivity contribution in [1.82, 2.24) is 9.80 Å². The van der Waals surface area contributed by atoms with Crippen LogP contribution in [0.5, 0.6) is 0 Å². The van der Waals surface area contributed by atoms with Gasteiger partial charge in [-0.2, -0.15) is 0 Å². The lowest BCUT2D eigenvalue weighted by Crippen LogP contribution is -2.56. The molecule has 8 heteroatoms. The molecule has 0 radical (unpaired) electrons. The number of ether oxygens (including phenoxy) is 2. The van der Waals surface area contributed by atoms with Crippen LogP contribution in [-0.2, 0) is 30.4 Å². The van der Waals surface area contributed by atoms with Gasteiger partial charge >= 0.3 is 5.97 Å². The summed E-state index contributed by atoms with van der Waals surface area (Å²) < 4.78 is 12.1. The van der Waals surface area contributed by atoms with Gasteiger partial charge in [0.05, 0.1) is 11.5 Å². The van der Waals surface area contributed by atoms with Gasteiger partial charge in [0, 0.05) is 26.2 Å². The zero-order valence-corrected chi connectivity index (χ0v) is 21.1. The molecule has 3 saturated heterocycles. The van der Waals surface area contributed by atoms with Crippen LogP contribution in [0, 0.1) is 17.8 Å². The Hall–Kier alpha value is -2.97. The third kappa shape index (κ3) is 4.06. The van der Waals surface area contributed by atoms with Crippen molar-refractivity contribution in [3.8, 4) is 0 Å². The van der Waals surface area contributed by atoms with Gasteiger partial charge in [-0.1, -0.05) is 56.0 Å². The van der Waals surface area contributed by atoms with E-state index >= 15 is 0 Å². The Morgan fingerprint density at radius 1 is 1.28 bits per heavy atom. The van der Waals surface area contributed by atoms with Crippen molar-refractivity contribution in [2.45, 2.75) is 50.5 Å². The minimum atomic E-state index is -1.15. The van der Waals surface area contributed by atoms with E-state index in [-0.39, 0.29) is 37.5 Å². The van der Waals surface area contributed by atoms with Gasteiger partial charge in [-0.15, -0.1) is 6.58 Å². The monoisotopic (exact) mass is 496 g/mol. The average molecular weight is 497 g/mol. The first-order valence-corrected chi connectivity index (χ1v) is 12.6. The molecule has 0 aromatic heterocycles. The summed E-state index contributed by atoms with van der Waals surface area (Å²) in [5, 5.41) is 9.52. The number of fused-ring (bicyclic) bond motifs is 1. The lowest BCUT2D eigenvalue weighted by atomic mass is 9.62. The molecule has 194 valence electrons. The molecular formula is C28H36N2O6. The molecule has 2 bridgehead atoms. The molecule has 6 atom stereocenters. The smallest absolute Gasteiger partial charge is 0.313 e. The van der Waals surface area contributed by atoms with Crippen LogP contribution in [0.4, 0.5) is 0 Å². The van der Waals surface area contributed by atoms with Crippen molar-refractivity contribution in [3.05, 3.63) is 61.2 Å². The van der Waals surface area contributed by atoms with Crippen molar-refractivity contribution < 1.29 is 29.0 Å². The first-order chi connectivity index (χ1) is 17.2. The van der Waals surface area contributed by atoms with Gasteiger partial charge in [-0.25, -0.2) is 0 Å². The van der Waals surface area contributed by atoms with E-state index in [0.29, 0.717) is 25.9 Å². The molecule has 1 aromatic carbocycles. The third-order valence-corrected chi connectivity index (χ3v) is 8.08. The molecule has 0 saturated carbocycles. The van der Waals surface area contributed by atoms with Crippen LogP contribution in [0.3, 0.4) is 0 Å². The van der Waals surface area contributed by atoms with Crippen molar-refractivity contribution in [1.29, 1.82) is 0 Å². The van der Waals surface area contributed by atoms with E-state index in [2.05, 4.69) is 13.2 Å². The molecule has 1 N–H and O–H groups in total. The van der Waals surface area contributed by atoms with Gasteiger partial charge in [0.2, 0.25) is 11.8 Å². The van der Waals surface area contributed by atoms with Crippen molar-refractivity contribution in [2.24, 2.45) is 17.8 Å². The molecule has 3 aliphatic heterocycles. The molecule has 2 amide bonds. The van der Waals surface area contributed by atoms with E-state index in [1.165, 1.54) is 11.0 Å². The molecule has 3 aliphatic rings. The zero-order valence-electron chi connectivity index (χ0n) is 21.1. The van der Waals surface area contributed by atoms with Crippen LogP contribution in [0.2, 0.25) is 0 Å². The number of hydrogen-bond acceptors (Lipinski definition) is 6. The highest BCUT2D eigenvalue weighted by atomic mass is 16.6. The number of amides is 2. The lowest BCUT2D eigenvalue weighted by molar-refractivity contribution is -0.161.